The van der Waals surface area contributed by atoms with Crippen molar-refractivity contribution in [1.29, 1.82) is 0 Å². The molecule has 1 aromatic rings. The average molecular weight is 287 g/mol. The van der Waals surface area contributed by atoms with Crippen LogP contribution in [0.2, 0.25) is 0 Å². The van der Waals surface area contributed by atoms with Crippen molar-refractivity contribution in [3.8, 4) is 0 Å². The number of rotatable bonds is 6. The van der Waals surface area contributed by atoms with Gasteiger partial charge in [-0.25, -0.2) is 0 Å². The summed E-state index contributed by atoms with van der Waals surface area (Å²) < 4.78 is 0. The molecule has 2 rings (SSSR count). The van der Waals surface area contributed by atoms with Gasteiger partial charge in [-0.05, 0) is 61.1 Å². The first-order valence-corrected chi connectivity index (χ1v) is 8.88. The zero-order valence-corrected chi connectivity index (χ0v) is 14.5. The van der Waals surface area contributed by atoms with Crippen LogP contribution in [0.4, 0.5) is 5.69 Å². The Morgan fingerprint density at radius 1 is 1.14 bits per heavy atom. The molecule has 1 N–H and O–H groups in total. The first-order chi connectivity index (χ1) is 10.0. The van der Waals surface area contributed by atoms with Gasteiger partial charge in [0.05, 0.1) is 0 Å². The van der Waals surface area contributed by atoms with Gasteiger partial charge >= 0.3 is 0 Å². The summed E-state index contributed by atoms with van der Waals surface area (Å²) >= 11 is 0. The largest absolute Gasteiger partial charge is 0.384 e. The zero-order chi connectivity index (χ0) is 15.3. The lowest BCUT2D eigenvalue weighted by atomic mass is 9.72. The summed E-state index contributed by atoms with van der Waals surface area (Å²) in [5.74, 6) is 0.730. The third-order valence-corrected chi connectivity index (χ3v) is 5.25. The Hall–Kier alpha value is -0.980. The van der Waals surface area contributed by atoms with Gasteiger partial charge in [0, 0.05) is 12.2 Å². The summed E-state index contributed by atoms with van der Waals surface area (Å²) in [6.07, 6.45) is 9.57. The number of hydrogen-bond donors (Lipinski definition) is 1. The van der Waals surface area contributed by atoms with Crippen molar-refractivity contribution in [3.63, 3.8) is 0 Å². The van der Waals surface area contributed by atoms with Crippen molar-refractivity contribution in [2.75, 3.05) is 11.9 Å². The van der Waals surface area contributed by atoms with Gasteiger partial charge in [0.2, 0.25) is 0 Å². The molecule has 118 valence electrons. The van der Waals surface area contributed by atoms with E-state index in [0.29, 0.717) is 5.41 Å². The van der Waals surface area contributed by atoms with Crippen LogP contribution in [0.1, 0.15) is 70.4 Å². The second kappa shape index (κ2) is 7.33. The highest BCUT2D eigenvalue weighted by Gasteiger charge is 2.29. The zero-order valence-electron chi connectivity index (χ0n) is 14.5. The summed E-state index contributed by atoms with van der Waals surface area (Å²) in [5.41, 5.74) is 4.74. The molecule has 0 spiro atoms. The molecular formula is C20H33N. The summed E-state index contributed by atoms with van der Waals surface area (Å²) in [6.45, 7) is 10.3. The van der Waals surface area contributed by atoms with E-state index in [4.69, 9.17) is 0 Å². The normalized spacial score (nSPS) is 18.0. The minimum absolute atomic E-state index is 0.543. The van der Waals surface area contributed by atoms with Crippen molar-refractivity contribution in [2.24, 2.45) is 11.3 Å². The fourth-order valence-corrected chi connectivity index (χ4v) is 3.76. The van der Waals surface area contributed by atoms with Crippen LogP contribution in [0.3, 0.4) is 0 Å². The van der Waals surface area contributed by atoms with E-state index in [9.17, 15) is 0 Å². The fourth-order valence-electron chi connectivity index (χ4n) is 3.76. The van der Waals surface area contributed by atoms with Gasteiger partial charge in [-0.1, -0.05) is 52.2 Å². The molecular weight excluding hydrogens is 254 g/mol. The highest BCUT2D eigenvalue weighted by molar-refractivity contribution is 5.52. The molecule has 1 nitrogen and oxygen atoms in total. The van der Waals surface area contributed by atoms with Gasteiger partial charge < -0.3 is 5.32 Å². The molecule has 1 saturated carbocycles. The van der Waals surface area contributed by atoms with Gasteiger partial charge in [-0.2, -0.15) is 0 Å². The van der Waals surface area contributed by atoms with Crippen molar-refractivity contribution >= 4 is 5.69 Å². The summed E-state index contributed by atoms with van der Waals surface area (Å²) in [5, 5.41) is 3.75. The minimum atomic E-state index is 0.543. The molecule has 1 aliphatic carbocycles. The summed E-state index contributed by atoms with van der Waals surface area (Å²) in [7, 11) is 0. The highest BCUT2D eigenvalue weighted by Crippen LogP contribution is 2.39. The van der Waals surface area contributed by atoms with E-state index < -0.39 is 0 Å². The van der Waals surface area contributed by atoms with Gasteiger partial charge in [0.1, 0.15) is 0 Å². The van der Waals surface area contributed by atoms with Crippen LogP contribution in [0.25, 0.3) is 0 Å². The maximum absolute atomic E-state index is 3.75. The predicted molar refractivity (Wildman–Crippen MR) is 94.0 cm³/mol. The third kappa shape index (κ3) is 4.49. The van der Waals surface area contributed by atoms with E-state index >= 15 is 0 Å². The fraction of sp³-hybridized carbons (Fsp3) is 0.700. The van der Waals surface area contributed by atoms with Crippen LogP contribution in [0.15, 0.2) is 18.2 Å². The Bertz CT molecular complexity index is 441. The number of nitrogens with one attached hydrogen (secondary N) is 1. The van der Waals surface area contributed by atoms with E-state index in [0.717, 1.165) is 12.5 Å². The molecule has 0 heterocycles. The average Bonchev–Trinajstić information content (AvgIpc) is 2.47. The van der Waals surface area contributed by atoms with E-state index in [2.05, 4.69) is 51.2 Å². The van der Waals surface area contributed by atoms with Crippen molar-refractivity contribution in [1.82, 2.24) is 0 Å². The molecule has 1 fully saturated rings. The minimum Gasteiger partial charge on any atom is -0.384 e. The van der Waals surface area contributed by atoms with Crippen LogP contribution in [0.5, 0.6) is 0 Å². The number of anilines is 1. The Morgan fingerprint density at radius 2 is 1.86 bits per heavy atom. The van der Waals surface area contributed by atoms with E-state index in [1.165, 1.54) is 61.8 Å². The molecule has 0 aliphatic heterocycles. The standard InChI is InChI=1S/C20H33N/c1-5-20(11-7-6-8-12-20)15-21-19-10-9-18(13-16(2)3)14-17(19)4/h9-10,14,16,21H,5-8,11-13,15H2,1-4H3. The van der Waals surface area contributed by atoms with Crippen molar-refractivity contribution < 1.29 is 0 Å². The van der Waals surface area contributed by atoms with Crippen LogP contribution in [-0.2, 0) is 6.42 Å². The molecule has 0 aromatic heterocycles. The predicted octanol–water partition coefficient (Wildman–Crippen LogP) is 5.97. The second-order valence-corrected chi connectivity index (χ2v) is 7.52. The van der Waals surface area contributed by atoms with Crippen LogP contribution >= 0.6 is 0 Å². The Labute approximate surface area is 131 Å². The molecule has 0 amide bonds. The molecule has 1 aromatic carbocycles. The van der Waals surface area contributed by atoms with E-state index in [1.807, 2.05) is 0 Å². The van der Waals surface area contributed by atoms with Gasteiger partial charge in [-0.3, -0.25) is 0 Å². The maximum Gasteiger partial charge on any atom is 0.0370 e. The molecule has 0 atom stereocenters. The Kier molecular flexibility index (Phi) is 5.72. The molecule has 21 heavy (non-hydrogen) atoms. The SMILES string of the molecule is CCC1(CNc2ccc(CC(C)C)cc2C)CCCCC1. The van der Waals surface area contributed by atoms with Crippen LogP contribution < -0.4 is 5.32 Å². The number of hydrogen-bond acceptors (Lipinski definition) is 1. The Balaban J connectivity index is 1.99. The van der Waals surface area contributed by atoms with Gasteiger partial charge in [-0.15, -0.1) is 0 Å². The van der Waals surface area contributed by atoms with Crippen LogP contribution in [0, 0.1) is 18.3 Å². The third-order valence-electron chi connectivity index (χ3n) is 5.25. The molecule has 0 radical (unpaired) electrons. The van der Waals surface area contributed by atoms with E-state index in [-0.39, 0.29) is 0 Å². The van der Waals surface area contributed by atoms with E-state index in [1.54, 1.807) is 0 Å². The molecule has 0 bridgehead atoms. The first-order valence-electron chi connectivity index (χ1n) is 8.88. The molecule has 1 aliphatic rings. The van der Waals surface area contributed by atoms with Gasteiger partial charge in [0.15, 0.2) is 0 Å². The lowest BCUT2D eigenvalue weighted by Crippen LogP contribution is -2.31. The summed E-state index contributed by atoms with van der Waals surface area (Å²) in [6, 6.07) is 6.95. The molecule has 0 saturated heterocycles. The lowest BCUT2D eigenvalue weighted by molar-refractivity contribution is 0.197. The maximum atomic E-state index is 3.75. The lowest BCUT2D eigenvalue weighted by Gasteiger charge is -2.37. The second-order valence-electron chi connectivity index (χ2n) is 7.52. The first kappa shape index (κ1) is 16.4. The van der Waals surface area contributed by atoms with Crippen LogP contribution in [-0.4, -0.2) is 6.54 Å². The topological polar surface area (TPSA) is 12.0 Å². The summed E-state index contributed by atoms with van der Waals surface area (Å²) in [4.78, 5) is 0. The van der Waals surface area contributed by atoms with Crippen molar-refractivity contribution in [2.45, 2.75) is 72.6 Å². The Morgan fingerprint density at radius 3 is 2.43 bits per heavy atom. The highest BCUT2D eigenvalue weighted by atomic mass is 14.9. The molecule has 0 unspecified atom stereocenters. The number of benzene rings is 1. The van der Waals surface area contributed by atoms with Crippen molar-refractivity contribution in [3.05, 3.63) is 29.3 Å². The monoisotopic (exact) mass is 287 g/mol. The number of aryl methyl sites for hydroxylation is 1. The quantitative estimate of drug-likeness (QED) is 0.680. The molecule has 1 heteroatoms. The smallest absolute Gasteiger partial charge is 0.0370 e. The van der Waals surface area contributed by atoms with Gasteiger partial charge in [0.25, 0.3) is 0 Å².